The van der Waals surface area contributed by atoms with E-state index in [0.717, 1.165) is 13.0 Å². The highest BCUT2D eigenvalue weighted by Crippen LogP contribution is 2.23. The molecule has 3 rings (SSSR count). The first-order valence-corrected chi connectivity index (χ1v) is 7.66. The van der Waals surface area contributed by atoms with Crippen LogP contribution in [0.15, 0.2) is 41.1 Å². The maximum Gasteiger partial charge on any atom is 0.267 e. The summed E-state index contributed by atoms with van der Waals surface area (Å²) in [5, 5.41) is 7.31. The molecule has 1 amide bonds. The van der Waals surface area contributed by atoms with Crippen molar-refractivity contribution in [2.45, 2.75) is 13.0 Å². The quantitative estimate of drug-likeness (QED) is 0.683. The van der Waals surface area contributed by atoms with E-state index in [9.17, 15) is 9.18 Å². The second-order valence-corrected chi connectivity index (χ2v) is 5.83. The van der Waals surface area contributed by atoms with Crippen LogP contribution in [0.25, 0.3) is 10.9 Å². The fourth-order valence-electron chi connectivity index (χ4n) is 2.25. The zero-order valence-corrected chi connectivity index (χ0v) is 13.2. The van der Waals surface area contributed by atoms with Gasteiger partial charge in [0.05, 0.1) is 5.52 Å². The smallest absolute Gasteiger partial charge is 0.267 e. The van der Waals surface area contributed by atoms with E-state index in [4.69, 9.17) is 0 Å². The highest BCUT2D eigenvalue weighted by Gasteiger charge is 2.12. The summed E-state index contributed by atoms with van der Waals surface area (Å²) in [6, 6.07) is 6.50. The molecule has 0 unspecified atom stereocenters. The molecule has 0 fully saturated rings. The van der Waals surface area contributed by atoms with Gasteiger partial charge in [0.25, 0.3) is 5.91 Å². The van der Waals surface area contributed by atoms with Crippen LogP contribution in [0.5, 0.6) is 0 Å². The first kappa shape index (κ1) is 14.8. The Balaban J connectivity index is 1.61. The van der Waals surface area contributed by atoms with Gasteiger partial charge in [0, 0.05) is 35.3 Å². The molecule has 0 saturated heterocycles. The van der Waals surface area contributed by atoms with Crippen LogP contribution < -0.4 is 5.32 Å². The number of aryl methyl sites for hydroxylation is 1. The Labute approximate surface area is 134 Å². The number of aromatic amines is 1. The summed E-state index contributed by atoms with van der Waals surface area (Å²) in [6.07, 6.45) is 4.36. The van der Waals surface area contributed by atoms with Crippen LogP contribution >= 0.6 is 15.9 Å². The molecule has 0 aliphatic rings. The second-order valence-electron chi connectivity index (χ2n) is 4.91. The Hall–Kier alpha value is -2.15. The molecule has 0 bridgehead atoms. The molecule has 5 nitrogen and oxygen atoms in total. The van der Waals surface area contributed by atoms with Gasteiger partial charge in [-0.3, -0.25) is 9.48 Å². The summed E-state index contributed by atoms with van der Waals surface area (Å²) in [6.45, 7) is 1.27. The Morgan fingerprint density at radius 2 is 2.27 bits per heavy atom. The molecular formula is C15H14BrFN4O. The summed E-state index contributed by atoms with van der Waals surface area (Å²) in [4.78, 5) is 15.0. The van der Waals surface area contributed by atoms with Crippen LogP contribution in [0.4, 0.5) is 4.39 Å². The van der Waals surface area contributed by atoms with E-state index in [1.165, 1.54) is 12.1 Å². The highest BCUT2D eigenvalue weighted by atomic mass is 79.9. The molecule has 2 heterocycles. The minimum atomic E-state index is -0.363. The lowest BCUT2D eigenvalue weighted by Crippen LogP contribution is -2.25. The van der Waals surface area contributed by atoms with Crippen molar-refractivity contribution in [2.24, 2.45) is 0 Å². The minimum Gasteiger partial charge on any atom is -0.351 e. The van der Waals surface area contributed by atoms with Crippen molar-refractivity contribution in [1.29, 1.82) is 0 Å². The number of carbonyl (C=O) groups excluding carboxylic acids is 1. The Morgan fingerprint density at radius 1 is 1.41 bits per heavy atom. The number of amides is 1. The molecule has 0 atom stereocenters. The number of nitrogens with one attached hydrogen (secondary N) is 2. The van der Waals surface area contributed by atoms with E-state index in [1.807, 2.05) is 16.9 Å². The maximum atomic E-state index is 13.8. The van der Waals surface area contributed by atoms with Crippen molar-refractivity contribution in [3.8, 4) is 0 Å². The van der Waals surface area contributed by atoms with Gasteiger partial charge in [-0.25, -0.2) is 4.39 Å². The molecule has 1 aromatic carbocycles. The number of hydrogen-bond acceptors (Lipinski definition) is 2. The van der Waals surface area contributed by atoms with E-state index in [1.54, 1.807) is 12.3 Å². The predicted molar refractivity (Wildman–Crippen MR) is 85.1 cm³/mol. The molecule has 2 N–H and O–H groups in total. The topological polar surface area (TPSA) is 62.7 Å². The summed E-state index contributed by atoms with van der Waals surface area (Å²) in [7, 11) is 0. The minimum absolute atomic E-state index is 0.243. The SMILES string of the molecule is O=C(NCCCn1cccn1)c1cc2c(F)cc(Br)cc2[nH]1. The van der Waals surface area contributed by atoms with Crippen molar-refractivity contribution in [1.82, 2.24) is 20.1 Å². The zero-order valence-electron chi connectivity index (χ0n) is 11.6. The van der Waals surface area contributed by atoms with Crippen LogP contribution in [0.1, 0.15) is 16.9 Å². The standard InChI is InChI=1S/C15H14BrFN4O/c16-10-7-12(17)11-9-14(20-13(11)8-10)15(22)18-3-1-5-21-6-2-4-19-21/h2,4,6-9,20H,1,3,5H2,(H,18,22). The normalized spacial score (nSPS) is 11.0. The number of aromatic nitrogens is 3. The Bertz CT molecular complexity index is 797. The van der Waals surface area contributed by atoms with Crippen LogP contribution in [-0.2, 0) is 6.54 Å². The number of halogens is 2. The molecule has 0 aliphatic heterocycles. The van der Waals surface area contributed by atoms with Gasteiger partial charge in [0.2, 0.25) is 0 Å². The fraction of sp³-hybridized carbons (Fsp3) is 0.200. The van der Waals surface area contributed by atoms with Crippen molar-refractivity contribution >= 4 is 32.7 Å². The maximum absolute atomic E-state index is 13.8. The fourth-order valence-corrected chi connectivity index (χ4v) is 2.68. The van der Waals surface area contributed by atoms with Gasteiger partial charge in [-0.2, -0.15) is 5.10 Å². The number of rotatable bonds is 5. The second kappa shape index (κ2) is 6.31. The van der Waals surface area contributed by atoms with Crippen LogP contribution in [0.3, 0.4) is 0 Å². The lowest BCUT2D eigenvalue weighted by molar-refractivity contribution is 0.0948. The van der Waals surface area contributed by atoms with E-state index >= 15 is 0 Å². The number of hydrogen-bond donors (Lipinski definition) is 2. The van der Waals surface area contributed by atoms with E-state index < -0.39 is 0 Å². The third-order valence-electron chi connectivity index (χ3n) is 3.31. The molecule has 0 aliphatic carbocycles. The first-order valence-electron chi connectivity index (χ1n) is 6.87. The molecule has 0 saturated carbocycles. The van der Waals surface area contributed by atoms with Gasteiger partial charge in [-0.1, -0.05) is 15.9 Å². The molecule has 7 heteroatoms. The number of benzene rings is 1. The van der Waals surface area contributed by atoms with E-state index in [-0.39, 0.29) is 11.7 Å². The summed E-state index contributed by atoms with van der Waals surface area (Å²) in [5.74, 6) is -0.606. The largest absolute Gasteiger partial charge is 0.351 e. The summed E-state index contributed by atoms with van der Waals surface area (Å²) >= 11 is 3.23. The van der Waals surface area contributed by atoms with Crippen LogP contribution in [0.2, 0.25) is 0 Å². The zero-order chi connectivity index (χ0) is 15.5. The number of H-pyrrole nitrogens is 1. The average molecular weight is 365 g/mol. The molecule has 114 valence electrons. The number of fused-ring (bicyclic) bond motifs is 1. The average Bonchev–Trinajstić information content (AvgIpc) is 3.12. The van der Waals surface area contributed by atoms with Crippen LogP contribution in [0, 0.1) is 5.82 Å². The molecule has 22 heavy (non-hydrogen) atoms. The third kappa shape index (κ3) is 3.19. The van der Waals surface area contributed by atoms with Gasteiger partial charge in [-0.15, -0.1) is 0 Å². The Morgan fingerprint density at radius 3 is 3.05 bits per heavy atom. The Kier molecular flexibility index (Phi) is 4.24. The van der Waals surface area contributed by atoms with Gasteiger partial charge in [0.15, 0.2) is 0 Å². The first-order chi connectivity index (χ1) is 10.6. The van der Waals surface area contributed by atoms with Crippen molar-refractivity contribution in [3.63, 3.8) is 0 Å². The van der Waals surface area contributed by atoms with Gasteiger partial charge < -0.3 is 10.3 Å². The summed E-state index contributed by atoms with van der Waals surface area (Å²) in [5.41, 5.74) is 0.944. The van der Waals surface area contributed by atoms with Crippen LogP contribution in [-0.4, -0.2) is 27.2 Å². The summed E-state index contributed by atoms with van der Waals surface area (Å²) < 4.78 is 16.2. The van der Waals surface area contributed by atoms with Gasteiger partial charge in [0.1, 0.15) is 11.5 Å². The van der Waals surface area contributed by atoms with Gasteiger partial charge >= 0.3 is 0 Å². The lowest BCUT2D eigenvalue weighted by Gasteiger charge is -2.04. The molecular weight excluding hydrogens is 351 g/mol. The lowest BCUT2D eigenvalue weighted by atomic mass is 10.2. The van der Waals surface area contributed by atoms with Crippen molar-refractivity contribution in [3.05, 3.63) is 52.6 Å². The molecule has 3 aromatic rings. The number of carbonyl (C=O) groups is 1. The number of nitrogens with zero attached hydrogens (tertiary/aromatic N) is 2. The van der Waals surface area contributed by atoms with E-state index in [0.29, 0.717) is 27.6 Å². The molecule has 2 aromatic heterocycles. The third-order valence-corrected chi connectivity index (χ3v) is 3.76. The van der Waals surface area contributed by atoms with Gasteiger partial charge in [-0.05, 0) is 30.7 Å². The molecule has 0 spiro atoms. The van der Waals surface area contributed by atoms with Crippen molar-refractivity contribution in [2.75, 3.05) is 6.54 Å². The highest BCUT2D eigenvalue weighted by molar-refractivity contribution is 9.10. The van der Waals surface area contributed by atoms with E-state index in [2.05, 4.69) is 31.3 Å². The molecule has 0 radical (unpaired) electrons. The monoisotopic (exact) mass is 364 g/mol. The van der Waals surface area contributed by atoms with Crippen molar-refractivity contribution < 1.29 is 9.18 Å². The predicted octanol–water partition coefficient (Wildman–Crippen LogP) is 3.09.